The van der Waals surface area contributed by atoms with Crippen LogP contribution >= 0.6 is 38.5 Å². The number of benzene rings is 2. The van der Waals surface area contributed by atoms with Crippen molar-refractivity contribution in [2.24, 2.45) is 5.10 Å². The van der Waals surface area contributed by atoms with Crippen LogP contribution in [0.25, 0.3) is 0 Å². The Balaban J connectivity index is 1.56. The number of hydrogen-bond donors (Lipinski definition) is 2. The zero-order valence-electron chi connectivity index (χ0n) is 15.9. The van der Waals surface area contributed by atoms with Gasteiger partial charge in [0.2, 0.25) is 17.8 Å². The number of anilines is 4. The fraction of sp³-hybridized carbons (Fsp3) is 0.200. The van der Waals surface area contributed by atoms with Gasteiger partial charge >= 0.3 is 0 Å². The quantitative estimate of drug-likeness (QED) is 0.256. The summed E-state index contributed by atoms with van der Waals surface area (Å²) < 4.78 is 7.58. The fourth-order valence-electron chi connectivity index (χ4n) is 2.78. The van der Waals surface area contributed by atoms with Crippen molar-refractivity contribution >= 4 is 68.3 Å². The van der Waals surface area contributed by atoms with Crippen LogP contribution in [-0.2, 0) is 4.74 Å². The van der Waals surface area contributed by atoms with Gasteiger partial charge in [-0.05, 0) is 58.5 Å². The first kappa shape index (κ1) is 20.9. The van der Waals surface area contributed by atoms with E-state index in [1.807, 2.05) is 48.5 Å². The minimum absolute atomic E-state index is 0.366. The van der Waals surface area contributed by atoms with Crippen LogP contribution in [0.5, 0.6) is 0 Å². The van der Waals surface area contributed by atoms with Crippen LogP contribution in [0.4, 0.5) is 23.5 Å². The lowest BCUT2D eigenvalue weighted by atomic mass is 10.2. The molecule has 0 aliphatic carbocycles. The molecule has 10 heteroatoms. The molecule has 30 heavy (non-hydrogen) atoms. The second-order valence-corrected chi connectivity index (χ2v) is 8.60. The molecule has 1 saturated heterocycles. The Kier molecular flexibility index (Phi) is 7.07. The molecule has 0 atom stereocenters. The molecule has 0 spiro atoms. The fourth-order valence-corrected chi connectivity index (χ4v) is 3.54. The van der Waals surface area contributed by atoms with E-state index in [0.717, 1.165) is 28.8 Å². The van der Waals surface area contributed by atoms with Crippen LogP contribution in [0.2, 0.25) is 0 Å². The molecule has 0 amide bonds. The molecule has 2 N–H and O–H groups in total. The third-order valence-electron chi connectivity index (χ3n) is 4.25. The van der Waals surface area contributed by atoms with Gasteiger partial charge in [-0.25, -0.2) is 5.43 Å². The van der Waals surface area contributed by atoms with Crippen molar-refractivity contribution in [2.45, 2.75) is 0 Å². The summed E-state index contributed by atoms with van der Waals surface area (Å²) in [5, 5.41) is 7.52. The van der Waals surface area contributed by atoms with E-state index in [1.165, 1.54) is 3.57 Å². The van der Waals surface area contributed by atoms with E-state index in [1.54, 1.807) is 6.21 Å². The van der Waals surface area contributed by atoms with Crippen molar-refractivity contribution in [1.82, 2.24) is 15.0 Å². The molecule has 1 aliphatic heterocycles. The molecule has 1 aliphatic rings. The average Bonchev–Trinajstić information content (AvgIpc) is 2.76. The van der Waals surface area contributed by atoms with Crippen molar-refractivity contribution in [3.8, 4) is 0 Å². The number of hydrazone groups is 1. The molecular formula is C20H19BrIN7O. The maximum atomic E-state index is 5.44. The summed E-state index contributed by atoms with van der Waals surface area (Å²) >= 11 is 5.75. The molecule has 0 bridgehead atoms. The van der Waals surface area contributed by atoms with E-state index in [9.17, 15) is 0 Å². The smallest absolute Gasteiger partial charge is 0.250 e. The molecule has 4 rings (SSSR count). The normalized spacial score (nSPS) is 14.1. The van der Waals surface area contributed by atoms with Gasteiger partial charge in [0.15, 0.2) is 0 Å². The van der Waals surface area contributed by atoms with Crippen LogP contribution in [0.3, 0.4) is 0 Å². The number of morpholine rings is 1. The summed E-state index contributed by atoms with van der Waals surface area (Å²) in [4.78, 5) is 15.7. The van der Waals surface area contributed by atoms with Crippen molar-refractivity contribution in [2.75, 3.05) is 41.9 Å². The number of nitrogens with zero attached hydrogens (tertiary/aromatic N) is 5. The summed E-state index contributed by atoms with van der Waals surface area (Å²) in [7, 11) is 0. The first-order chi connectivity index (χ1) is 14.7. The average molecular weight is 580 g/mol. The highest BCUT2D eigenvalue weighted by molar-refractivity contribution is 14.1. The maximum Gasteiger partial charge on any atom is 0.250 e. The van der Waals surface area contributed by atoms with E-state index < -0.39 is 0 Å². The number of nitrogens with one attached hydrogen (secondary N) is 2. The topological polar surface area (TPSA) is 87.6 Å². The minimum atomic E-state index is 0.366. The SMILES string of the molecule is Brc1cccc(Nc2nc(N/N=C/c3ccc(I)cc3)nc(N3CCOCC3)n2)c1. The monoisotopic (exact) mass is 579 g/mol. The lowest BCUT2D eigenvalue weighted by Crippen LogP contribution is -2.37. The lowest BCUT2D eigenvalue weighted by molar-refractivity contribution is 0.122. The second kappa shape index (κ2) is 10.1. The molecule has 2 heterocycles. The van der Waals surface area contributed by atoms with Crippen LogP contribution < -0.4 is 15.6 Å². The molecule has 8 nitrogen and oxygen atoms in total. The van der Waals surface area contributed by atoms with Crippen molar-refractivity contribution in [3.05, 3.63) is 62.1 Å². The third-order valence-corrected chi connectivity index (χ3v) is 5.46. The summed E-state index contributed by atoms with van der Waals surface area (Å²) in [6.45, 7) is 2.75. The Morgan fingerprint density at radius 3 is 2.57 bits per heavy atom. The van der Waals surface area contributed by atoms with Gasteiger partial charge < -0.3 is 15.0 Å². The molecule has 1 aromatic heterocycles. The van der Waals surface area contributed by atoms with Gasteiger partial charge in [-0.1, -0.05) is 34.1 Å². The summed E-state index contributed by atoms with van der Waals surface area (Å²) in [5.41, 5.74) is 4.78. The molecule has 2 aromatic carbocycles. The number of ether oxygens (including phenoxy) is 1. The van der Waals surface area contributed by atoms with Crippen molar-refractivity contribution < 1.29 is 4.74 Å². The van der Waals surface area contributed by atoms with E-state index >= 15 is 0 Å². The standard InChI is InChI=1S/C20H19BrIN7O/c21-15-2-1-3-17(12-15)24-18-25-19(27-20(26-18)29-8-10-30-11-9-29)28-23-13-14-4-6-16(22)7-5-14/h1-7,12-13H,8-11H2,(H2,24,25,26,27,28)/b23-13+. The Hall–Kier alpha value is -2.31. The Morgan fingerprint density at radius 1 is 1.03 bits per heavy atom. The molecular weight excluding hydrogens is 561 g/mol. The highest BCUT2D eigenvalue weighted by Crippen LogP contribution is 2.21. The summed E-state index contributed by atoms with van der Waals surface area (Å²) in [6.07, 6.45) is 1.73. The van der Waals surface area contributed by atoms with E-state index in [-0.39, 0.29) is 0 Å². The molecule has 1 fully saturated rings. The van der Waals surface area contributed by atoms with Gasteiger partial charge in [0.05, 0.1) is 19.4 Å². The van der Waals surface area contributed by atoms with Gasteiger partial charge in [-0.3, -0.25) is 0 Å². The Labute approximate surface area is 196 Å². The molecule has 154 valence electrons. The predicted molar refractivity (Wildman–Crippen MR) is 131 cm³/mol. The highest BCUT2D eigenvalue weighted by Gasteiger charge is 2.16. The minimum Gasteiger partial charge on any atom is -0.378 e. The van der Waals surface area contributed by atoms with Gasteiger partial charge in [0, 0.05) is 26.8 Å². The number of aromatic nitrogens is 3. The van der Waals surface area contributed by atoms with E-state index in [4.69, 9.17) is 4.74 Å². The first-order valence-corrected chi connectivity index (χ1v) is 11.2. The number of rotatable bonds is 6. The molecule has 0 radical (unpaired) electrons. The van der Waals surface area contributed by atoms with E-state index in [2.05, 4.69) is 74.2 Å². The van der Waals surface area contributed by atoms with Crippen molar-refractivity contribution in [3.63, 3.8) is 0 Å². The van der Waals surface area contributed by atoms with Gasteiger partial charge in [-0.2, -0.15) is 20.1 Å². The van der Waals surface area contributed by atoms with Crippen LogP contribution in [0.1, 0.15) is 5.56 Å². The van der Waals surface area contributed by atoms with Gasteiger partial charge in [0.1, 0.15) is 0 Å². The Bertz CT molecular complexity index is 1030. The summed E-state index contributed by atoms with van der Waals surface area (Å²) in [5.74, 6) is 1.39. The maximum absolute atomic E-state index is 5.44. The van der Waals surface area contributed by atoms with Gasteiger partial charge in [0.25, 0.3) is 0 Å². The zero-order valence-corrected chi connectivity index (χ0v) is 19.7. The van der Waals surface area contributed by atoms with Gasteiger partial charge in [-0.15, -0.1) is 0 Å². The van der Waals surface area contributed by atoms with Crippen LogP contribution in [0, 0.1) is 3.57 Å². The summed E-state index contributed by atoms with van der Waals surface area (Å²) in [6, 6.07) is 15.9. The molecule has 0 saturated carbocycles. The number of halogens is 2. The Morgan fingerprint density at radius 2 is 1.80 bits per heavy atom. The second-order valence-electron chi connectivity index (χ2n) is 6.44. The largest absolute Gasteiger partial charge is 0.378 e. The lowest BCUT2D eigenvalue weighted by Gasteiger charge is -2.27. The molecule has 0 unspecified atom stereocenters. The zero-order chi connectivity index (χ0) is 20.8. The molecule has 3 aromatic rings. The van der Waals surface area contributed by atoms with Crippen LogP contribution in [-0.4, -0.2) is 47.5 Å². The van der Waals surface area contributed by atoms with Crippen LogP contribution in [0.15, 0.2) is 58.1 Å². The third kappa shape index (κ3) is 5.86. The first-order valence-electron chi connectivity index (χ1n) is 9.32. The van der Waals surface area contributed by atoms with E-state index in [0.29, 0.717) is 31.1 Å². The predicted octanol–water partition coefficient (Wildman–Crippen LogP) is 4.26. The number of hydrogen-bond acceptors (Lipinski definition) is 8. The van der Waals surface area contributed by atoms with Crippen molar-refractivity contribution in [1.29, 1.82) is 0 Å². The highest BCUT2D eigenvalue weighted by atomic mass is 127.